The number of nitrogens with one attached hydrogen (secondary N) is 2. The number of aliphatic hydroxyl groups is 1. The van der Waals surface area contributed by atoms with Gasteiger partial charge in [0.2, 0.25) is 17.7 Å². The fraction of sp³-hybridized carbons (Fsp3) is 0.522. The molecule has 7 N–H and O–H groups in total. The number of hydrogen-bond donors (Lipinski definition) is 6. The van der Waals surface area contributed by atoms with E-state index in [9.17, 15) is 34.2 Å². The van der Waals surface area contributed by atoms with E-state index in [2.05, 4.69) is 10.6 Å². The number of nitrogens with zero attached hydrogens (tertiary/aromatic N) is 1. The van der Waals surface area contributed by atoms with Gasteiger partial charge in [-0.1, -0.05) is 30.3 Å². The standard InChI is InChI=1S/C23H32N4O8/c1-13(28)19(23(34)35)26-21(32)17-8-5-11-27(17)22(33)16(9-10-18(29)30)25-20(31)15(24)12-14-6-3-2-4-7-14/h2-4,6-7,13,15-17,19,28H,5,8-12,24H2,1H3,(H,25,31)(H,26,32)(H,29,30)(H,34,35). The van der Waals surface area contributed by atoms with Crippen molar-refractivity contribution < 1.29 is 39.3 Å². The Kier molecular flexibility index (Phi) is 10.2. The lowest BCUT2D eigenvalue weighted by atomic mass is 10.0. The van der Waals surface area contributed by atoms with E-state index >= 15 is 0 Å². The van der Waals surface area contributed by atoms with E-state index in [1.807, 2.05) is 6.07 Å². The number of amides is 3. The highest BCUT2D eigenvalue weighted by Gasteiger charge is 2.39. The normalized spacial score (nSPS) is 18.7. The van der Waals surface area contributed by atoms with Crippen molar-refractivity contribution in [2.75, 3.05) is 6.54 Å². The van der Waals surface area contributed by atoms with Crippen LogP contribution in [-0.2, 0) is 30.4 Å². The van der Waals surface area contributed by atoms with Gasteiger partial charge in [0.1, 0.15) is 12.1 Å². The minimum absolute atomic E-state index is 0.166. The molecule has 1 aromatic carbocycles. The Bertz CT molecular complexity index is 923. The molecule has 1 aliphatic heterocycles. The summed E-state index contributed by atoms with van der Waals surface area (Å²) in [5, 5.41) is 32.7. The minimum Gasteiger partial charge on any atom is -0.481 e. The molecule has 1 aromatic rings. The van der Waals surface area contributed by atoms with Crippen LogP contribution in [0.1, 0.15) is 38.2 Å². The molecular formula is C23H32N4O8. The number of aliphatic carboxylic acids is 2. The molecular weight excluding hydrogens is 460 g/mol. The molecule has 12 nitrogen and oxygen atoms in total. The van der Waals surface area contributed by atoms with Crippen molar-refractivity contribution >= 4 is 29.7 Å². The van der Waals surface area contributed by atoms with E-state index in [0.29, 0.717) is 6.42 Å². The summed E-state index contributed by atoms with van der Waals surface area (Å²) < 4.78 is 0. The third kappa shape index (κ3) is 8.04. The Morgan fingerprint density at radius 2 is 1.77 bits per heavy atom. The molecule has 0 aliphatic carbocycles. The van der Waals surface area contributed by atoms with Crippen LogP contribution >= 0.6 is 0 Å². The van der Waals surface area contributed by atoms with Crippen LogP contribution < -0.4 is 16.4 Å². The molecule has 0 radical (unpaired) electrons. The summed E-state index contributed by atoms with van der Waals surface area (Å²) in [5.74, 6) is -4.65. The number of carboxylic acid groups (broad SMARTS) is 2. The van der Waals surface area contributed by atoms with Crippen LogP contribution in [0.4, 0.5) is 0 Å². The monoisotopic (exact) mass is 492 g/mol. The molecule has 1 heterocycles. The van der Waals surface area contributed by atoms with E-state index in [-0.39, 0.29) is 25.8 Å². The largest absolute Gasteiger partial charge is 0.481 e. The molecule has 5 unspecified atom stereocenters. The number of hydrogen-bond acceptors (Lipinski definition) is 7. The summed E-state index contributed by atoms with van der Waals surface area (Å²) in [6.07, 6.45) is -1.08. The van der Waals surface area contributed by atoms with Crippen molar-refractivity contribution in [3.8, 4) is 0 Å². The van der Waals surface area contributed by atoms with Crippen LogP contribution in [-0.4, -0.2) is 86.7 Å². The predicted octanol–water partition coefficient (Wildman–Crippen LogP) is -1.15. The molecule has 1 fully saturated rings. The molecule has 1 aliphatic rings. The SMILES string of the molecule is CC(O)C(NC(=O)C1CCCN1C(=O)C(CCC(=O)O)NC(=O)C(N)Cc1ccccc1)C(=O)O. The zero-order chi connectivity index (χ0) is 26.1. The van der Waals surface area contributed by atoms with Crippen molar-refractivity contribution in [3.05, 3.63) is 35.9 Å². The molecule has 35 heavy (non-hydrogen) atoms. The maximum Gasteiger partial charge on any atom is 0.328 e. The van der Waals surface area contributed by atoms with Crippen molar-refractivity contribution in [1.29, 1.82) is 0 Å². The molecule has 192 valence electrons. The van der Waals surface area contributed by atoms with Gasteiger partial charge in [0.05, 0.1) is 12.1 Å². The summed E-state index contributed by atoms with van der Waals surface area (Å²) in [5.41, 5.74) is 6.81. The van der Waals surface area contributed by atoms with Crippen molar-refractivity contribution in [3.63, 3.8) is 0 Å². The fourth-order valence-corrected chi connectivity index (χ4v) is 3.91. The Labute approximate surface area is 202 Å². The predicted molar refractivity (Wildman–Crippen MR) is 123 cm³/mol. The van der Waals surface area contributed by atoms with E-state index in [0.717, 1.165) is 5.56 Å². The smallest absolute Gasteiger partial charge is 0.328 e. The average molecular weight is 493 g/mol. The number of carbonyl (C=O) groups excluding carboxylic acids is 3. The number of rotatable bonds is 12. The van der Waals surface area contributed by atoms with E-state index < -0.39 is 66.4 Å². The quantitative estimate of drug-likeness (QED) is 0.208. The van der Waals surface area contributed by atoms with Crippen LogP contribution in [0.5, 0.6) is 0 Å². The Hall–Kier alpha value is -3.51. The summed E-state index contributed by atoms with van der Waals surface area (Å²) in [7, 11) is 0. The van der Waals surface area contributed by atoms with Crippen molar-refractivity contribution in [2.45, 2.75) is 69.3 Å². The third-order valence-corrected chi connectivity index (χ3v) is 5.78. The summed E-state index contributed by atoms with van der Waals surface area (Å²) in [6, 6.07) is 4.20. The van der Waals surface area contributed by atoms with Gasteiger partial charge in [0.15, 0.2) is 6.04 Å². The van der Waals surface area contributed by atoms with E-state index in [1.165, 1.54) is 11.8 Å². The summed E-state index contributed by atoms with van der Waals surface area (Å²) in [6.45, 7) is 1.38. The number of carboxylic acids is 2. The van der Waals surface area contributed by atoms with E-state index in [4.69, 9.17) is 10.8 Å². The maximum absolute atomic E-state index is 13.3. The molecule has 0 spiro atoms. The first-order valence-corrected chi connectivity index (χ1v) is 11.3. The highest BCUT2D eigenvalue weighted by atomic mass is 16.4. The Balaban J connectivity index is 2.13. The van der Waals surface area contributed by atoms with Gasteiger partial charge in [-0.3, -0.25) is 19.2 Å². The van der Waals surface area contributed by atoms with Gasteiger partial charge in [-0.05, 0) is 38.2 Å². The first kappa shape index (κ1) is 27.7. The zero-order valence-electron chi connectivity index (χ0n) is 19.4. The third-order valence-electron chi connectivity index (χ3n) is 5.78. The first-order chi connectivity index (χ1) is 16.5. The topological polar surface area (TPSA) is 199 Å². The van der Waals surface area contributed by atoms with Crippen LogP contribution in [0, 0.1) is 0 Å². The van der Waals surface area contributed by atoms with E-state index in [1.54, 1.807) is 24.3 Å². The maximum atomic E-state index is 13.3. The highest BCUT2D eigenvalue weighted by Crippen LogP contribution is 2.20. The second kappa shape index (κ2) is 12.8. The molecule has 5 atom stereocenters. The molecule has 0 aromatic heterocycles. The van der Waals surface area contributed by atoms with Gasteiger partial charge >= 0.3 is 11.9 Å². The second-order valence-electron chi connectivity index (χ2n) is 8.54. The molecule has 3 amide bonds. The first-order valence-electron chi connectivity index (χ1n) is 11.3. The van der Waals surface area contributed by atoms with Crippen LogP contribution in [0.15, 0.2) is 30.3 Å². The molecule has 0 saturated carbocycles. The number of likely N-dealkylation sites (tertiary alicyclic amines) is 1. The summed E-state index contributed by atoms with van der Waals surface area (Å²) in [4.78, 5) is 62.3. The van der Waals surface area contributed by atoms with Crippen molar-refractivity contribution in [2.24, 2.45) is 5.73 Å². The zero-order valence-corrected chi connectivity index (χ0v) is 19.4. The Morgan fingerprint density at radius 1 is 1.11 bits per heavy atom. The molecule has 2 rings (SSSR count). The number of benzene rings is 1. The number of nitrogens with two attached hydrogens (primary N) is 1. The number of aliphatic hydroxyl groups excluding tert-OH is 1. The fourth-order valence-electron chi connectivity index (χ4n) is 3.91. The molecule has 0 bridgehead atoms. The second-order valence-corrected chi connectivity index (χ2v) is 8.54. The van der Waals surface area contributed by atoms with Gasteiger partial charge in [-0.15, -0.1) is 0 Å². The molecule has 1 saturated heterocycles. The number of carbonyl (C=O) groups is 5. The van der Waals surface area contributed by atoms with Gasteiger partial charge in [0, 0.05) is 13.0 Å². The van der Waals surface area contributed by atoms with Crippen LogP contribution in [0.25, 0.3) is 0 Å². The molecule has 12 heteroatoms. The average Bonchev–Trinajstić information content (AvgIpc) is 3.29. The van der Waals surface area contributed by atoms with Gasteiger partial charge in [-0.2, -0.15) is 0 Å². The lowest BCUT2D eigenvalue weighted by Gasteiger charge is -2.30. The van der Waals surface area contributed by atoms with Crippen LogP contribution in [0.2, 0.25) is 0 Å². The van der Waals surface area contributed by atoms with Crippen LogP contribution in [0.3, 0.4) is 0 Å². The van der Waals surface area contributed by atoms with Gasteiger partial charge < -0.3 is 36.6 Å². The minimum atomic E-state index is -1.56. The lowest BCUT2D eigenvalue weighted by molar-refractivity contribution is -0.147. The Morgan fingerprint density at radius 3 is 2.34 bits per heavy atom. The van der Waals surface area contributed by atoms with Gasteiger partial charge in [0.25, 0.3) is 0 Å². The van der Waals surface area contributed by atoms with Gasteiger partial charge in [-0.25, -0.2) is 4.79 Å². The van der Waals surface area contributed by atoms with Crippen molar-refractivity contribution in [1.82, 2.24) is 15.5 Å². The highest BCUT2D eigenvalue weighted by molar-refractivity contribution is 5.94. The lowest BCUT2D eigenvalue weighted by Crippen LogP contribution is -2.58. The summed E-state index contributed by atoms with van der Waals surface area (Å²) >= 11 is 0.